The lowest BCUT2D eigenvalue weighted by molar-refractivity contribution is -0.387. The van der Waals surface area contributed by atoms with Crippen LogP contribution in [0, 0.1) is 21.7 Å². The zero-order chi connectivity index (χ0) is 14.7. The van der Waals surface area contributed by atoms with Crippen LogP contribution in [0.15, 0.2) is 40.9 Å². The van der Waals surface area contributed by atoms with Crippen LogP contribution in [-0.4, -0.2) is 4.92 Å². The van der Waals surface area contributed by atoms with Crippen LogP contribution in [-0.2, 0) is 6.54 Å². The fourth-order valence-electron chi connectivity index (χ4n) is 1.63. The minimum atomic E-state index is -0.934. The van der Waals surface area contributed by atoms with E-state index in [2.05, 4.69) is 21.2 Å². The Morgan fingerprint density at radius 3 is 2.50 bits per heavy atom. The number of rotatable bonds is 4. The van der Waals surface area contributed by atoms with Crippen molar-refractivity contribution in [1.82, 2.24) is 0 Å². The Balaban J connectivity index is 2.11. The molecule has 0 aliphatic carbocycles. The molecule has 0 bridgehead atoms. The number of nitrogens with zero attached hydrogens (tertiary/aromatic N) is 1. The molecule has 0 amide bonds. The number of nitrogens with one attached hydrogen (secondary N) is 1. The zero-order valence-corrected chi connectivity index (χ0v) is 11.7. The minimum Gasteiger partial charge on any atom is -0.381 e. The summed E-state index contributed by atoms with van der Waals surface area (Å²) >= 11 is 3.15. The lowest BCUT2D eigenvalue weighted by Crippen LogP contribution is -2.02. The van der Waals surface area contributed by atoms with E-state index < -0.39 is 22.2 Å². The van der Waals surface area contributed by atoms with E-state index in [0.29, 0.717) is 15.7 Å². The molecule has 0 fully saturated rings. The monoisotopic (exact) mass is 342 g/mol. The lowest BCUT2D eigenvalue weighted by Gasteiger charge is -2.08. The van der Waals surface area contributed by atoms with Crippen molar-refractivity contribution in [1.29, 1.82) is 0 Å². The molecule has 0 aromatic heterocycles. The van der Waals surface area contributed by atoms with Gasteiger partial charge in [0.15, 0.2) is 0 Å². The Labute approximate surface area is 121 Å². The molecule has 0 radical (unpaired) electrons. The molecule has 0 heterocycles. The first-order valence-electron chi connectivity index (χ1n) is 5.59. The van der Waals surface area contributed by atoms with E-state index in [1.54, 1.807) is 12.1 Å². The fourth-order valence-corrected chi connectivity index (χ4v) is 1.96. The first-order chi connectivity index (χ1) is 9.47. The predicted molar refractivity (Wildman–Crippen MR) is 74.5 cm³/mol. The van der Waals surface area contributed by atoms with Crippen molar-refractivity contribution in [3.05, 3.63) is 68.2 Å². The van der Waals surface area contributed by atoms with E-state index >= 15 is 0 Å². The van der Waals surface area contributed by atoms with Gasteiger partial charge in [-0.2, -0.15) is 4.39 Å². The van der Waals surface area contributed by atoms with Gasteiger partial charge in [0.2, 0.25) is 5.82 Å². The molecule has 0 spiro atoms. The van der Waals surface area contributed by atoms with Gasteiger partial charge in [0.1, 0.15) is 5.82 Å². The van der Waals surface area contributed by atoms with E-state index in [-0.39, 0.29) is 6.54 Å². The second-order valence-corrected chi connectivity index (χ2v) is 4.93. The molecule has 2 aromatic carbocycles. The fraction of sp³-hybridized carbons (Fsp3) is 0.0769. The Kier molecular flexibility index (Phi) is 4.29. The smallest absolute Gasteiger partial charge is 0.304 e. The summed E-state index contributed by atoms with van der Waals surface area (Å²) in [7, 11) is 0. The molecule has 0 saturated carbocycles. The van der Waals surface area contributed by atoms with Gasteiger partial charge in [0, 0.05) is 34.4 Å². The van der Waals surface area contributed by atoms with E-state index in [1.165, 1.54) is 12.1 Å². The van der Waals surface area contributed by atoms with Crippen LogP contribution in [0.1, 0.15) is 5.56 Å². The molecule has 2 aromatic rings. The Morgan fingerprint density at radius 2 is 1.90 bits per heavy atom. The third kappa shape index (κ3) is 3.30. The van der Waals surface area contributed by atoms with E-state index in [4.69, 9.17) is 0 Å². The third-order valence-corrected chi connectivity index (χ3v) is 3.14. The average Bonchev–Trinajstić information content (AvgIpc) is 2.37. The molecule has 4 nitrogen and oxygen atoms in total. The van der Waals surface area contributed by atoms with Crippen molar-refractivity contribution >= 4 is 27.3 Å². The van der Waals surface area contributed by atoms with E-state index in [9.17, 15) is 18.9 Å². The molecule has 0 unspecified atom stereocenters. The topological polar surface area (TPSA) is 55.2 Å². The maximum atomic E-state index is 13.6. The summed E-state index contributed by atoms with van der Waals surface area (Å²) < 4.78 is 27.6. The Bertz CT molecular complexity index is 665. The first-order valence-corrected chi connectivity index (χ1v) is 6.38. The number of benzene rings is 2. The molecule has 2 rings (SSSR count). The van der Waals surface area contributed by atoms with Crippen LogP contribution >= 0.6 is 15.9 Å². The average molecular weight is 343 g/mol. The molecule has 0 saturated heterocycles. The van der Waals surface area contributed by atoms with Gasteiger partial charge in [0.25, 0.3) is 0 Å². The highest BCUT2D eigenvalue weighted by Crippen LogP contribution is 2.22. The summed E-state index contributed by atoms with van der Waals surface area (Å²) in [6.45, 7) is 0.149. The molecule has 1 N–H and O–H groups in total. The van der Waals surface area contributed by atoms with Crippen molar-refractivity contribution in [3.8, 4) is 0 Å². The number of nitro benzene ring substituents is 1. The summed E-state index contributed by atoms with van der Waals surface area (Å²) in [4.78, 5) is 9.68. The van der Waals surface area contributed by atoms with Gasteiger partial charge in [-0.1, -0.05) is 22.0 Å². The summed E-state index contributed by atoms with van der Waals surface area (Å²) in [6, 6.07) is 8.06. The van der Waals surface area contributed by atoms with Crippen molar-refractivity contribution in [3.63, 3.8) is 0 Å². The minimum absolute atomic E-state index is 0.149. The molecule has 0 atom stereocenters. The quantitative estimate of drug-likeness (QED) is 0.667. The SMILES string of the molecule is O=[N+]([O-])c1ccc(NCc2ccc(Br)cc2F)cc1F. The van der Waals surface area contributed by atoms with E-state index in [1.807, 2.05) is 0 Å². The molecule has 0 aliphatic rings. The van der Waals surface area contributed by atoms with Gasteiger partial charge in [0.05, 0.1) is 4.92 Å². The van der Waals surface area contributed by atoms with Crippen LogP contribution in [0.2, 0.25) is 0 Å². The number of anilines is 1. The van der Waals surface area contributed by atoms with Crippen molar-refractivity contribution < 1.29 is 13.7 Å². The number of halogens is 3. The van der Waals surface area contributed by atoms with Crippen LogP contribution in [0.25, 0.3) is 0 Å². The van der Waals surface area contributed by atoms with Gasteiger partial charge in [-0.3, -0.25) is 10.1 Å². The number of hydrogen-bond donors (Lipinski definition) is 1. The maximum Gasteiger partial charge on any atom is 0.304 e. The zero-order valence-electron chi connectivity index (χ0n) is 10.1. The molecule has 0 aliphatic heterocycles. The van der Waals surface area contributed by atoms with Crippen LogP contribution in [0.4, 0.5) is 20.2 Å². The molecular weight excluding hydrogens is 334 g/mol. The Hall–Kier alpha value is -2.02. The van der Waals surface area contributed by atoms with Gasteiger partial charge in [-0.25, -0.2) is 4.39 Å². The number of nitro groups is 1. The summed E-state index contributed by atoms with van der Waals surface area (Å²) in [5.41, 5.74) is 0.160. The molecule has 104 valence electrons. The predicted octanol–water partition coefficient (Wildman–Crippen LogP) is 4.25. The highest BCUT2D eigenvalue weighted by atomic mass is 79.9. The Morgan fingerprint density at radius 1 is 1.15 bits per heavy atom. The molecular formula is C13H9BrF2N2O2. The summed E-state index contributed by atoms with van der Waals surface area (Å²) in [5.74, 6) is -1.33. The van der Waals surface area contributed by atoms with Gasteiger partial charge in [-0.15, -0.1) is 0 Å². The molecule has 7 heteroatoms. The maximum absolute atomic E-state index is 13.6. The summed E-state index contributed by atoms with van der Waals surface area (Å²) in [5, 5.41) is 13.3. The van der Waals surface area contributed by atoms with Crippen LogP contribution in [0.3, 0.4) is 0 Å². The van der Waals surface area contributed by atoms with E-state index in [0.717, 1.165) is 12.1 Å². The molecule has 20 heavy (non-hydrogen) atoms. The van der Waals surface area contributed by atoms with Crippen LogP contribution in [0.5, 0.6) is 0 Å². The lowest BCUT2D eigenvalue weighted by atomic mass is 10.2. The summed E-state index contributed by atoms with van der Waals surface area (Å²) in [6.07, 6.45) is 0. The number of hydrogen-bond acceptors (Lipinski definition) is 3. The highest BCUT2D eigenvalue weighted by molar-refractivity contribution is 9.10. The van der Waals surface area contributed by atoms with Gasteiger partial charge >= 0.3 is 5.69 Å². The van der Waals surface area contributed by atoms with Crippen molar-refractivity contribution in [2.75, 3.05) is 5.32 Å². The third-order valence-electron chi connectivity index (χ3n) is 2.64. The van der Waals surface area contributed by atoms with Crippen LogP contribution < -0.4 is 5.32 Å². The van der Waals surface area contributed by atoms with Gasteiger partial charge < -0.3 is 5.32 Å². The first kappa shape index (κ1) is 14.4. The standard InChI is InChI=1S/C13H9BrF2N2O2/c14-9-2-1-8(11(15)5-9)7-17-10-3-4-13(18(19)20)12(16)6-10/h1-6,17H,7H2. The normalized spacial score (nSPS) is 10.3. The van der Waals surface area contributed by atoms with Gasteiger partial charge in [-0.05, 0) is 18.2 Å². The second-order valence-electron chi connectivity index (χ2n) is 4.01. The second kappa shape index (κ2) is 5.96. The van der Waals surface area contributed by atoms with Crippen molar-refractivity contribution in [2.24, 2.45) is 0 Å². The van der Waals surface area contributed by atoms with Crippen molar-refractivity contribution in [2.45, 2.75) is 6.54 Å². The highest BCUT2D eigenvalue weighted by Gasteiger charge is 2.13. The largest absolute Gasteiger partial charge is 0.381 e.